The summed E-state index contributed by atoms with van der Waals surface area (Å²) < 4.78 is 14.0. The smallest absolute Gasteiger partial charge is 0.253 e. The number of nitrogens with zero attached hydrogens (tertiary/aromatic N) is 4. The number of aryl methyl sites for hydroxylation is 2. The molecule has 1 aliphatic heterocycles. The molecule has 1 aliphatic carbocycles. The van der Waals surface area contributed by atoms with Crippen molar-refractivity contribution in [3.8, 4) is 11.5 Å². The van der Waals surface area contributed by atoms with E-state index in [1.54, 1.807) is 4.52 Å². The second-order valence-electron chi connectivity index (χ2n) is 8.46. The molecule has 1 fully saturated rings. The van der Waals surface area contributed by atoms with Gasteiger partial charge in [-0.1, -0.05) is 18.2 Å². The van der Waals surface area contributed by atoms with Crippen molar-refractivity contribution < 1.29 is 14.3 Å². The first-order chi connectivity index (χ1) is 15.5. The van der Waals surface area contributed by atoms with Crippen molar-refractivity contribution in [2.45, 2.75) is 69.7 Å². The van der Waals surface area contributed by atoms with Crippen molar-refractivity contribution >= 4 is 29.1 Å². The fraction of sp³-hybridized carbons (Fsp3) is 0.478. The van der Waals surface area contributed by atoms with Crippen LogP contribution in [0.4, 0.5) is 5.69 Å². The van der Waals surface area contributed by atoms with Crippen LogP contribution >= 0.6 is 11.8 Å². The molecule has 2 aliphatic rings. The lowest BCUT2D eigenvalue weighted by atomic mass is 9.94. The minimum absolute atomic E-state index is 0.0569. The molecule has 0 radical (unpaired) electrons. The van der Waals surface area contributed by atoms with Crippen LogP contribution in [0, 0.1) is 13.8 Å². The van der Waals surface area contributed by atoms with Crippen molar-refractivity contribution in [2.24, 2.45) is 0 Å². The Morgan fingerprint density at radius 2 is 1.94 bits per heavy atom. The highest BCUT2D eigenvalue weighted by Gasteiger charge is 2.42. The predicted octanol–water partition coefficient (Wildman–Crippen LogP) is 4.47. The van der Waals surface area contributed by atoms with E-state index in [-0.39, 0.29) is 5.91 Å². The van der Waals surface area contributed by atoms with E-state index in [0.29, 0.717) is 35.2 Å². The molecular weight excluding hydrogens is 426 g/mol. The molecule has 3 heterocycles. The van der Waals surface area contributed by atoms with Crippen molar-refractivity contribution in [2.75, 3.05) is 11.6 Å². The number of amides is 1. The van der Waals surface area contributed by atoms with Gasteiger partial charge in [0.05, 0.1) is 0 Å². The zero-order chi connectivity index (χ0) is 22.3. The van der Waals surface area contributed by atoms with Gasteiger partial charge in [0.15, 0.2) is 11.5 Å². The third-order valence-electron chi connectivity index (χ3n) is 6.25. The molecule has 1 aromatic carbocycles. The van der Waals surface area contributed by atoms with Gasteiger partial charge in [0.2, 0.25) is 11.1 Å². The van der Waals surface area contributed by atoms with E-state index in [1.807, 2.05) is 38.3 Å². The van der Waals surface area contributed by atoms with Crippen LogP contribution in [0.15, 0.2) is 23.4 Å². The fourth-order valence-electron chi connectivity index (χ4n) is 4.57. The van der Waals surface area contributed by atoms with E-state index >= 15 is 0 Å². The van der Waals surface area contributed by atoms with Gasteiger partial charge in [-0.15, -0.1) is 5.10 Å². The molecule has 2 aromatic heterocycles. The molecule has 1 N–H and O–H groups in total. The number of aromatic nitrogens is 4. The van der Waals surface area contributed by atoms with Crippen molar-refractivity contribution in [3.63, 3.8) is 0 Å². The molecule has 1 saturated carbocycles. The number of hydrogen-bond donors (Lipinski definition) is 1. The van der Waals surface area contributed by atoms with Gasteiger partial charge in [-0.25, -0.2) is 9.50 Å². The molecule has 0 unspecified atom stereocenters. The second-order valence-corrected chi connectivity index (χ2v) is 9.23. The summed E-state index contributed by atoms with van der Waals surface area (Å²) in [6, 6.07) is 5.61. The number of hydrogen-bond acceptors (Lipinski definition) is 7. The quantitative estimate of drug-likeness (QED) is 0.570. The molecule has 8 nitrogen and oxygen atoms in total. The van der Waals surface area contributed by atoms with E-state index in [0.717, 1.165) is 48.4 Å². The molecule has 0 saturated heterocycles. The van der Waals surface area contributed by atoms with E-state index in [4.69, 9.17) is 9.47 Å². The third-order valence-corrected chi connectivity index (χ3v) is 6.79. The van der Waals surface area contributed by atoms with Gasteiger partial charge in [0, 0.05) is 42.4 Å². The largest absolute Gasteiger partial charge is 0.448 e. The number of thioether (sulfide) groups is 1. The number of benzene rings is 1. The minimum Gasteiger partial charge on any atom is -0.448 e. The Labute approximate surface area is 191 Å². The number of fused-ring (bicyclic) bond motifs is 2. The van der Waals surface area contributed by atoms with Crippen LogP contribution in [0.1, 0.15) is 55.5 Å². The number of anilines is 1. The van der Waals surface area contributed by atoms with Crippen LogP contribution in [-0.4, -0.2) is 37.5 Å². The summed E-state index contributed by atoms with van der Waals surface area (Å²) in [5.74, 6) is 1.49. The molecule has 5 rings (SSSR count). The summed E-state index contributed by atoms with van der Waals surface area (Å²) in [4.78, 5) is 21.6. The van der Waals surface area contributed by atoms with Crippen molar-refractivity contribution in [1.82, 2.24) is 19.6 Å². The molecule has 9 heteroatoms. The van der Waals surface area contributed by atoms with Crippen LogP contribution in [0.3, 0.4) is 0 Å². The summed E-state index contributed by atoms with van der Waals surface area (Å²) in [5, 5.41) is 8.15. The Morgan fingerprint density at radius 3 is 2.72 bits per heavy atom. The van der Waals surface area contributed by atoms with E-state index in [2.05, 4.69) is 20.4 Å². The average molecular weight is 454 g/mol. The second kappa shape index (κ2) is 8.27. The van der Waals surface area contributed by atoms with Crippen LogP contribution < -0.4 is 14.8 Å². The van der Waals surface area contributed by atoms with Crippen LogP contribution in [0.5, 0.6) is 11.5 Å². The van der Waals surface area contributed by atoms with Gasteiger partial charge in [0.1, 0.15) is 0 Å². The van der Waals surface area contributed by atoms with Gasteiger partial charge >= 0.3 is 0 Å². The highest BCUT2D eigenvalue weighted by Crippen LogP contribution is 2.46. The van der Waals surface area contributed by atoms with Crippen molar-refractivity contribution in [3.05, 3.63) is 35.2 Å². The predicted molar refractivity (Wildman–Crippen MR) is 123 cm³/mol. The maximum atomic E-state index is 12.7. The maximum absolute atomic E-state index is 12.7. The Bertz CT molecular complexity index is 1190. The Balaban J connectivity index is 1.25. The summed E-state index contributed by atoms with van der Waals surface area (Å²) in [6.07, 6.45) is 8.13. The number of carbonyl (C=O) groups excluding carboxylic acids is 1. The number of nitrogens with one attached hydrogen (secondary N) is 1. The molecule has 3 aromatic rings. The highest BCUT2D eigenvalue weighted by molar-refractivity contribution is 7.98. The fourth-order valence-corrected chi connectivity index (χ4v) is 4.90. The summed E-state index contributed by atoms with van der Waals surface area (Å²) in [6.45, 7) is 3.94. The Kier molecular flexibility index (Phi) is 5.44. The van der Waals surface area contributed by atoms with Gasteiger partial charge in [-0.2, -0.15) is 4.98 Å². The lowest BCUT2D eigenvalue weighted by Gasteiger charge is -2.31. The zero-order valence-corrected chi connectivity index (χ0v) is 19.4. The van der Waals surface area contributed by atoms with Crippen molar-refractivity contribution in [1.29, 1.82) is 0 Å². The summed E-state index contributed by atoms with van der Waals surface area (Å²) >= 11 is 1.48. The SMILES string of the molecule is CSc1nc2nc(C)c(CCC(=O)Nc3ccc4c(c3)OC3(CCCCC3)O4)c(C)n2n1. The molecule has 32 heavy (non-hydrogen) atoms. The van der Waals surface area contributed by atoms with E-state index in [9.17, 15) is 4.79 Å². The highest BCUT2D eigenvalue weighted by atomic mass is 32.2. The average Bonchev–Trinajstić information content (AvgIpc) is 3.34. The first-order valence-electron chi connectivity index (χ1n) is 11.1. The first-order valence-corrected chi connectivity index (χ1v) is 12.3. The number of carbonyl (C=O) groups is 1. The van der Waals surface area contributed by atoms with E-state index < -0.39 is 5.79 Å². The minimum atomic E-state index is -0.512. The molecular formula is C23H27N5O3S. The van der Waals surface area contributed by atoms with E-state index in [1.165, 1.54) is 18.2 Å². The normalized spacial score (nSPS) is 16.6. The lowest BCUT2D eigenvalue weighted by molar-refractivity contribution is -0.116. The summed E-state index contributed by atoms with van der Waals surface area (Å²) in [5.41, 5.74) is 3.58. The Hall–Kier alpha value is -2.81. The molecule has 0 bridgehead atoms. The Morgan fingerprint density at radius 1 is 1.16 bits per heavy atom. The van der Waals surface area contributed by atoms with Gasteiger partial charge in [-0.05, 0) is 57.1 Å². The lowest BCUT2D eigenvalue weighted by Crippen LogP contribution is -2.40. The topological polar surface area (TPSA) is 90.6 Å². The monoisotopic (exact) mass is 453 g/mol. The van der Waals surface area contributed by atoms with Crippen LogP contribution in [0.25, 0.3) is 5.78 Å². The number of rotatable bonds is 5. The number of ether oxygens (including phenoxy) is 2. The standard InChI is InChI=1S/C23H27N5O3S/c1-14-17(15(2)28-21(24-14)26-22(27-28)32-3)8-10-20(29)25-16-7-9-18-19(13-16)31-23(30-18)11-5-4-6-12-23/h7,9,13H,4-6,8,10-12H2,1-3H3,(H,25,29). The van der Waals surface area contributed by atoms with Gasteiger partial charge in [-0.3, -0.25) is 4.79 Å². The first kappa shape index (κ1) is 21.1. The summed E-state index contributed by atoms with van der Waals surface area (Å²) in [7, 11) is 0. The van der Waals surface area contributed by atoms with Crippen LogP contribution in [-0.2, 0) is 11.2 Å². The molecule has 0 atom stereocenters. The molecule has 1 spiro atoms. The molecule has 168 valence electrons. The molecule has 1 amide bonds. The maximum Gasteiger partial charge on any atom is 0.253 e. The van der Waals surface area contributed by atoms with Gasteiger partial charge < -0.3 is 14.8 Å². The van der Waals surface area contributed by atoms with Crippen LogP contribution in [0.2, 0.25) is 0 Å². The zero-order valence-electron chi connectivity index (χ0n) is 18.6. The van der Waals surface area contributed by atoms with Gasteiger partial charge in [0.25, 0.3) is 11.6 Å². The third kappa shape index (κ3) is 3.90.